The highest BCUT2D eigenvalue weighted by atomic mass is 16.6. The maximum absolute atomic E-state index is 8.75. The number of hydrogen-bond acceptors (Lipinski definition) is 2. The van der Waals surface area contributed by atoms with E-state index in [4.69, 9.17) is 5.11 Å². The quantitative estimate of drug-likeness (QED) is 0.648. The summed E-state index contributed by atoms with van der Waals surface area (Å²) in [4.78, 5) is 0. The lowest BCUT2D eigenvalue weighted by molar-refractivity contribution is 0.212. The van der Waals surface area contributed by atoms with E-state index in [1.54, 1.807) is 0 Å². The molecule has 1 atom stereocenters. The summed E-state index contributed by atoms with van der Waals surface area (Å²) in [5.41, 5.74) is 0. The van der Waals surface area contributed by atoms with E-state index in [1.807, 2.05) is 0 Å². The molecule has 0 aromatic heterocycles. The largest absolute Gasteiger partial charge is 0.396 e. The minimum atomic E-state index is 0.372. The molecule has 0 amide bonds. The summed E-state index contributed by atoms with van der Waals surface area (Å²) in [6, 6.07) is 0. The number of rotatable bonds is 5. The van der Waals surface area contributed by atoms with Gasteiger partial charge in [0.25, 0.3) is 0 Å². The highest BCUT2D eigenvalue weighted by Crippen LogP contribution is 2.10. The van der Waals surface area contributed by atoms with Gasteiger partial charge >= 0.3 is 0 Å². The molecule has 74 valence electrons. The molecule has 0 radical (unpaired) electrons. The third-order valence-corrected chi connectivity index (χ3v) is 2.01. The second-order valence-corrected chi connectivity index (χ2v) is 3.21. The van der Waals surface area contributed by atoms with Crippen molar-refractivity contribution < 1.29 is 9.84 Å². The Balaban J connectivity index is 0.000000330. The lowest BCUT2D eigenvalue weighted by Gasteiger charge is -2.08. The van der Waals surface area contributed by atoms with Crippen LogP contribution in [0.3, 0.4) is 0 Å². The maximum Gasteiger partial charge on any atom is 0.0701 e. The van der Waals surface area contributed by atoms with Gasteiger partial charge in [-0.1, -0.05) is 33.1 Å². The highest BCUT2D eigenvalue weighted by Gasteiger charge is 2.01. The molecule has 0 aliphatic carbocycles. The van der Waals surface area contributed by atoms with Crippen LogP contribution in [0.2, 0.25) is 0 Å². The van der Waals surface area contributed by atoms with Crippen LogP contribution in [0.15, 0.2) is 0 Å². The third-order valence-electron chi connectivity index (χ3n) is 2.01. The Bertz CT molecular complexity index is 75.2. The van der Waals surface area contributed by atoms with Crippen LogP contribution < -0.4 is 0 Å². The molecule has 0 aromatic carbocycles. The lowest BCUT2D eigenvalue weighted by Crippen LogP contribution is -2.03. The normalized spacial score (nSPS) is 16.2. The zero-order valence-corrected chi connectivity index (χ0v) is 8.38. The van der Waals surface area contributed by atoms with Crippen LogP contribution in [0.5, 0.6) is 0 Å². The van der Waals surface area contributed by atoms with E-state index in [0.29, 0.717) is 12.5 Å². The van der Waals surface area contributed by atoms with Gasteiger partial charge in [0.2, 0.25) is 0 Å². The number of ether oxygens (including phenoxy) is 1. The Morgan fingerprint density at radius 3 is 2.17 bits per heavy atom. The predicted octanol–water partition coefficient (Wildman–Crippen LogP) is 2.21. The summed E-state index contributed by atoms with van der Waals surface area (Å²) in [5.74, 6) is 0.560. The van der Waals surface area contributed by atoms with E-state index in [0.717, 1.165) is 19.6 Å². The van der Waals surface area contributed by atoms with Crippen molar-refractivity contribution in [3.63, 3.8) is 0 Å². The van der Waals surface area contributed by atoms with Crippen LogP contribution in [0, 0.1) is 5.92 Å². The number of aliphatic hydroxyl groups is 1. The van der Waals surface area contributed by atoms with Crippen molar-refractivity contribution in [2.75, 3.05) is 19.8 Å². The van der Waals surface area contributed by atoms with Crippen LogP contribution in [-0.2, 0) is 4.74 Å². The van der Waals surface area contributed by atoms with Gasteiger partial charge in [-0.05, 0) is 12.3 Å². The summed E-state index contributed by atoms with van der Waals surface area (Å²) in [7, 11) is 0. The molecule has 1 aliphatic rings. The van der Waals surface area contributed by atoms with Crippen molar-refractivity contribution in [1.82, 2.24) is 0 Å². The molecule has 12 heavy (non-hydrogen) atoms. The highest BCUT2D eigenvalue weighted by molar-refractivity contribution is 4.53. The van der Waals surface area contributed by atoms with E-state index in [2.05, 4.69) is 18.6 Å². The van der Waals surface area contributed by atoms with Gasteiger partial charge in [0.1, 0.15) is 0 Å². The van der Waals surface area contributed by atoms with Crippen LogP contribution in [0.4, 0.5) is 0 Å². The number of epoxide rings is 1. The van der Waals surface area contributed by atoms with Gasteiger partial charge in [0.15, 0.2) is 0 Å². The summed E-state index contributed by atoms with van der Waals surface area (Å²) in [6.07, 6.45) is 4.83. The molecule has 0 saturated carbocycles. The Kier molecular flexibility index (Phi) is 8.95. The van der Waals surface area contributed by atoms with Gasteiger partial charge in [-0.3, -0.25) is 0 Å². The first-order valence-electron chi connectivity index (χ1n) is 5.03. The molecule has 0 bridgehead atoms. The van der Waals surface area contributed by atoms with Crippen molar-refractivity contribution in [3.8, 4) is 0 Å². The first kappa shape index (κ1) is 11.9. The van der Waals surface area contributed by atoms with Crippen molar-refractivity contribution in [2.45, 2.75) is 39.5 Å². The first-order chi connectivity index (χ1) is 5.85. The van der Waals surface area contributed by atoms with E-state index < -0.39 is 0 Å². The second-order valence-electron chi connectivity index (χ2n) is 3.21. The zero-order chi connectivity index (χ0) is 9.23. The second kappa shape index (κ2) is 9.01. The fourth-order valence-electron chi connectivity index (χ4n) is 0.917. The molecule has 1 fully saturated rings. The van der Waals surface area contributed by atoms with Gasteiger partial charge in [0, 0.05) is 6.61 Å². The van der Waals surface area contributed by atoms with Crippen molar-refractivity contribution in [2.24, 2.45) is 5.92 Å². The molecule has 0 spiro atoms. The molecule has 2 heteroatoms. The van der Waals surface area contributed by atoms with Crippen LogP contribution in [0.25, 0.3) is 0 Å². The Hall–Kier alpha value is -0.0800. The Morgan fingerprint density at radius 1 is 1.33 bits per heavy atom. The van der Waals surface area contributed by atoms with Crippen molar-refractivity contribution in [1.29, 1.82) is 0 Å². The van der Waals surface area contributed by atoms with Crippen LogP contribution in [0.1, 0.15) is 39.5 Å². The average Bonchev–Trinajstić information content (AvgIpc) is 2.93. The molecule has 1 heterocycles. The predicted molar refractivity (Wildman–Crippen MR) is 51.2 cm³/mol. The Morgan fingerprint density at radius 2 is 1.92 bits per heavy atom. The molecule has 0 aromatic rings. The van der Waals surface area contributed by atoms with Crippen LogP contribution in [-0.4, -0.2) is 24.9 Å². The monoisotopic (exact) mass is 174 g/mol. The molecule has 1 unspecified atom stereocenters. The summed E-state index contributed by atoms with van der Waals surface area (Å²) in [6.45, 7) is 6.69. The number of aliphatic hydroxyl groups excluding tert-OH is 1. The van der Waals surface area contributed by atoms with Gasteiger partial charge in [-0.2, -0.15) is 0 Å². The smallest absolute Gasteiger partial charge is 0.0701 e. The van der Waals surface area contributed by atoms with Crippen molar-refractivity contribution in [3.05, 3.63) is 0 Å². The zero-order valence-electron chi connectivity index (χ0n) is 8.38. The fourth-order valence-corrected chi connectivity index (χ4v) is 0.917. The summed E-state index contributed by atoms with van der Waals surface area (Å²) in [5, 5.41) is 8.75. The SMILES string of the molecule is C1CO1.CCCCC(CC)CO. The minimum Gasteiger partial charge on any atom is -0.396 e. The molecular weight excluding hydrogens is 152 g/mol. The fraction of sp³-hybridized carbons (Fsp3) is 1.00. The van der Waals surface area contributed by atoms with Gasteiger partial charge < -0.3 is 9.84 Å². The lowest BCUT2D eigenvalue weighted by atomic mass is 10.0. The standard InChI is InChI=1S/C8H18O.C2H4O/c1-3-5-6-8(4-2)7-9;1-2-3-1/h8-9H,3-7H2,1-2H3;1-2H2. The topological polar surface area (TPSA) is 32.8 Å². The number of hydrogen-bond donors (Lipinski definition) is 1. The van der Waals surface area contributed by atoms with Crippen molar-refractivity contribution >= 4 is 0 Å². The Labute approximate surface area is 75.9 Å². The van der Waals surface area contributed by atoms with E-state index in [-0.39, 0.29) is 0 Å². The molecular formula is C10H22O2. The maximum atomic E-state index is 8.75. The molecule has 1 aliphatic heterocycles. The van der Waals surface area contributed by atoms with E-state index in [1.165, 1.54) is 19.3 Å². The first-order valence-corrected chi connectivity index (χ1v) is 5.03. The molecule has 1 rings (SSSR count). The van der Waals surface area contributed by atoms with E-state index >= 15 is 0 Å². The average molecular weight is 174 g/mol. The van der Waals surface area contributed by atoms with Crippen LogP contribution >= 0.6 is 0 Å². The van der Waals surface area contributed by atoms with Gasteiger partial charge in [0.05, 0.1) is 13.2 Å². The molecule has 1 saturated heterocycles. The molecule has 1 N–H and O–H groups in total. The van der Waals surface area contributed by atoms with Gasteiger partial charge in [-0.15, -0.1) is 0 Å². The minimum absolute atomic E-state index is 0.372. The summed E-state index contributed by atoms with van der Waals surface area (Å²) < 4.78 is 4.50. The molecule has 2 nitrogen and oxygen atoms in total. The van der Waals surface area contributed by atoms with E-state index in [9.17, 15) is 0 Å². The summed E-state index contributed by atoms with van der Waals surface area (Å²) >= 11 is 0. The third kappa shape index (κ3) is 9.92. The number of unbranched alkanes of at least 4 members (excludes halogenated alkanes) is 1. The van der Waals surface area contributed by atoms with Gasteiger partial charge in [-0.25, -0.2) is 0 Å².